The maximum absolute atomic E-state index is 6.03. The largest absolute Gasteiger partial charge is 0.457 e. The van der Waals surface area contributed by atoms with Gasteiger partial charge in [0.15, 0.2) is 6.29 Å². The summed E-state index contributed by atoms with van der Waals surface area (Å²) in [5.74, 6) is 1.99. The first-order valence-electron chi connectivity index (χ1n) is 8.26. The van der Waals surface area contributed by atoms with Crippen molar-refractivity contribution in [3.63, 3.8) is 0 Å². The Bertz CT molecular complexity index is 651. The van der Waals surface area contributed by atoms with Crippen LogP contribution >= 0.6 is 15.9 Å². The van der Waals surface area contributed by atoms with Crippen molar-refractivity contribution in [1.82, 2.24) is 0 Å². The lowest BCUT2D eigenvalue weighted by Crippen LogP contribution is -2.33. The molecule has 1 heterocycles. The minimum atomic E-state index is -0.168. The molecule has 3 nitrogen and oxygen atoms in total. The van der Waals surface area contributed by atoms with Gasteiger partial charge in [-0.3, -0.25) is 0 Å². The Kier molecular flexibility index (Phi) is 5.59. The number of halogens is 1. The molecule has 0 spiro atoms. The van der Waals surface area contributed by atoms with Gasteiger partial charge in [0.25, 0.3) is 0 Å². The van der Waals surface area contributed by atoms with Crippen molar-refractivity contribution in [3.05, 3.63) is 60.2 Å². The molecule has 0 saturated carbocycles. The molecule has 0 amide bonds. The van der Waals surface area contributed by atoms with Crippen LogP contribution in [0, 0.1) is 5.92 Å². The molecule has 128 valence electrons. The van der Waals surface area contributed by atoms with Gasteiger partial charge in [-0.25, -0.2) is 0 Å². The molecule has 2 aromatic rings. The van der Waals surface area contributed by atoms with E-state index in [9.17, 15) is 0 Å². The highest BCUT2D eigenvalue weighted by Crippen LogP contribution is 2.37. The number of benzene rings is 2. The third-order valence-electron chi connectivity index (χ3n) is 4.21. The number of hydrogen-bond acceptors (Lipinski definition) is 3. The molecule has 0 aromatic heterocycles. The molecule has 0 bridgehead atoms. The van der Waals surface area contributed by atoms with Crippen LogP contribution in [0.4, 0.5) is 0 Å². The Labute approximate surface area is 152 Å². The normalized spacial score (nSPS) is 21.0. The van der Waals surface area contributed by atoms with Crippen LogP contribution in [-0.4, -0.2) is 17.2 Å². The van der Waals surface area contributed by atoms with Gasteiger partial charge in [0.1, 0.15) is 11.5 Å². The average Bonchev–Trinajstić information content (AvgIpc) is 3.03. The zero-order valence-corrected chi connectivity index (χ0v) is 15.7. The van der Waals surface area contributed by atoms with Gasteiger partial charge in [0.2, 0.25) is 0 Å². The van der Waals surface area contributed by atoms with E-state index in [-0.39, 0.29) is 10.6 Å². The quantitative estimate of drug-likeness (QED) is 0.606. The molecule has 1 aliphatic heterocycles. The number of rotatable bonds is 6. The Morgan fingerprint density at radius 1 is 1.08 bits per heavy atom. The van der Waals surface area contributed by atoms with Gasteiger partial charge < -0.3 is 14.2 Å². The molecule has 2 atom stereocenters. The molecule has 1 saturated heterocycles. The third kappa shape index (κ3) is 4.59. The van der Waals surface area contributed by atoms with E-state index in [0.717, 1.165) is 30.1 Å². The molecule has 1 fully saturated rings. The van der Waals surface area contributed by atoms with Crippen molar-refractivity contribution in [2.45, 2.75) is 37.5 Å². The minimum Gasteiger partial charge on any atom is -0.457 e. The molecule has 2 aromatic carbocycles. The number of alkyl halides is 1. The molecule has 4 heteroatoms. The molecule has 24 heavy (non-hydrogen) atoms. The second-order valence-electron chi connectivity index (χ2n) is 6.57. The first-order valence-corrected chi connectivity index (χ1v) is 9.05. The Hall–Kier alpha value is -1.36. The van der Waals surface area contributed by atoms with E-state index >= 15 is 0 Å². The Morgan fingerprint density at radius 2 is 1.83 bits per heavy atom. The van der Waals surface area contributed by atoms with Crippen molar-refractivity contribution in [1.29, 1.82) is 0 Å². The highest BCUT2D eigenvalue weighted by atomic mass is 79.9. The predicted octanol–water partition coefficient (Wildman–Crippen LogP) is 5.53. The van der Waals surface area contributed by atoms with Crippen LogP contribution in [0.25, 0.3) is 0 Å². The summed E-state index contributed by atoms with van der Waals surface area (Å²) >= 11 is 3.74. The third-order valence-corrected chi connectivity index (χ3v) is 4.80. The smallest absolute Gasteiger partial charge is 0.162 e. The topological polar surface area (TPSA) is 27.7 Å². The first-order chi connectivity index (χ1) is 11.5. The van der Waals surface area contributed by atoms with Gasteiger partial charge in [-0.15, -0.1) is 0 Å². The molecular formula is C20H23BrO3. The molecule has 1 aliphatic rings. The Balaban J connectivity index is 1.61. The molecule has 0 aliphatic carbocycles. The fourth-order valence-corrected chi connectivity index (χ4v) is 3.34. The van der Waals surface area contributed by atoms with Crippen molar-refractivity contribution >= 4 is 15.9 Å². The van der Waals surface area contributed by atoms with Gasteiger partial charge in [-0.1, -0.05) is 46.3 Å². The lowest BCUT2D eigenvalue weighted by Gasteiger charge is -2.29. The maximum Gasteiger partial charge on any atom is 0.162 e. The molecule has 0 N–H and O–H groups in total. The summed E-state index contributed by atoms with van der Waals surface area (Å²) in [6, 6.07) is 17.8. The van der Waals surface area contributed by atoms with E-state index in [4.69, 9.17) is 14.2 Å². The molecular weight excluding hydrogens is 368 g/mol. The summed E-state index contributed by atoms with van der Waals surface area (Å²) in [6.45, 7) is 5.59. The van der Waals surface area contributed by atoms with Gasteiger partial charge in [-0.05, 0) is 50.1 Å². The Morgan fingerprint density at radius 3 is 2.58 bits per heavy atom. The van der Waals surface area contributed by atoms with Gasteiger partial charge >= 0.3 is 0 Å². The van der Waals surface area contributed by atoms with Crippen LogP contribution in [0.5, 0.6) is 11.5 Å². The standard InChI is InChI=1S/C20H23BrO3/c1-20(2,21)18-11-12-22-19(18)23-14-15-7-6-10-17(13-15)24-16-8-4-3-5-9-16/h3-10,13,18-19H,11-12,14H2,1-2H3. The first kappa shape index (κ1) is 17.5. The van der Waals surface area contributed by atoms with Crippen molar-refractivity contribution in [2.75, 3.05) is 6.61 Å². The summed E-state index contributed by atoms with van der Waals surface area (Å²) in [7, 11) is 0. The highest BCUT2D eigenvalue weighted by molar-refractivity contribution is 9.10. The summed E-state index contributed by atoms with van der Waals surface area (Å²) in [5.41, 5.74) is 1.07. The van der Waals surface area contributed by atoms with E-state index in [2.05, 4.69) is 29.8 Å². The molecule has 2 unspecified atom stereocenters. The van der Waals surface area contributed by atoms with Crippen molar-refractivity contribution in [2.24, 2.45) is 5.92 Å². The van der Waals surface area contributed by atoms with Gasteiger partial charge in [-0.2, -0.15) is 0 Å². The van der Waals surface area contributed by atoms with E-state index < -0.39 is 0 Å². The number of hydrogen-bond donors (Lipinski definition) is 0. The van der Waals surface area contributed by atoms with Crippen LogP contribution in [0.3, 0.4) is 0 Å². The van der Waals surface area contributed by atoms with Crippen LogP contribution < -0.4 is 4.74 Å². The number of para-hydroxylation sites is 1. The van der Waals surface area contributed by atoms with Crippen LogP contribution in [0.1, 0.15) is 25.8 Å². The lowest BCUT2D eigenvalue weighted by molar-refractivity contribution is -0.142. The zero-order chi connectivity index (χ0) is 17.0. The second-order valence-corrected chi connectivity index (χ2v) is 8.62. The van der Waals surface area contributed by atoms with E-state index in [0.29, 0.717) is 12.5 Å². The number of ether oxygens (including phenoxy) is 3. The van der Waals surface area contributed by atoms with E-state index in [1.165, 1.54) is 0 Å². The molecule has 0 radical (unpaired) electrons. The summed E-state index contributed by atoms with van der Waals surface area (Å²) in [6.07, 6.45) is 0.846. The monoisotopic (exact) mass is 390 g/mol. The predicted molar refractivity (Wildman–Crippen MR) is 98.6 cm³/mol. The SMILES string of the molecule is CC(C)(Br)C1CCOC1OCc1cccc(Oc2ccccc2)c1. The van der Waals surface area contributed by atoms with Gasteiger partial charge in [0.05, 0.1) is 13.2 Å². The van der Waals surface area contributed by atoms with Gasteiger partial charge in [0, 0.05) is 10.2 Å². The van der Waals surface area contributed by atoms with Crippen LogP contribution in [-0.2, 0) is 16.1 Å². The maximum atomic E-state index is 6.03. The van der Waals surface area contributed by atoms with E-state index in [1.54, 1.807) is 0 Å². The zero-order valence-electron chi connectivity index (χ0n) is 14.1. The van der Waals surface area contributed by atoms with Crippen LogP contribution in [0.15, 0.2) is 54.6 Å². The van der Waals surface area contributed by atoms with Crippen molar-refractivity contribution < 1.29 is 14.2 Å². The minimum absolute atomic E-state index is 0.00638. The summed E-state index contributed by atoms with van der Waals surface area (Å²) in [4.78, 5) is 0. The molecule has 3 rings (SSSR count). The summed E-state index contributed by atoms with van der Waals surface area (Å²) < 4.78 is 17.7. The fourth-order valence-electron chi connectivity index (χ4n) is 2.90. The summed E-state index contributed by atoms with van der Waals surface area (Å²) in [5, 5.41) is 0. The highest BCUT2D eigenvalue weighted by Gasteiger charge is 2.39. The average molecular weight is 391 g/mol. The second kappa shape index (κ2) is 7.68. The lowest BCUT2D eigenvalue weighted by atomic mass is 9.94. The van der Waals surface area contributed by atoms with Crippen LogP contribution in [0.2, 0.25) is 0 Å². The van der Waals surface area contributed by atoms with Crippen molar-refractivity contribution in [3.8, 4) is 11.5 Å². The fraction of sp³-hybridized carbons (Fsp3) is 0.400. The van der Waals surface area contributed by atoms with E-state index in [1.807, 2.05) is 54.6 Å².